The summed E-state index contributed by atoms with van der Waals surface area (Å²) < 4.78 is 61.8. The maximum atomic E-state index is 11.2. The lowest BCUT2D eigenvalue weighted by Gasteiger charge is -2.09. The molecule has 11 heteroatoms. The van der Waals surface area contributed by atoms with Crippen molar-refractivity contribution >= 4 is 31.8 Å². The van der Waals surface area contributed by atoms with Gasteiger partial charge >= 0.3 is 0 Å². The zero-order valence-corrected chi connectivity index (χ0v) is 11.3. The first-order chi connectivity index (χ1) is 9.05. The Morgan fingerprint density at radius 2 is 1.80 bits per heavy atom. The van der Waals surface area contributed by atoms with Crippen molar-refractivity contribution in [3.05, 3.63) is 18.2 Å². The predicted octanol–water partition coefficient (Wildman–Crippen LogP) is 0.0322. The molecule has 108 valence electrons. The molecule has 0 aliphatic heterocycles. The number of hydrogen-bond acceptors (Lipinski definition) is 6. The molecule has 0 spiro atoms. The quantitative estimate of drug-likeness (QED) is 0.654. The average Bonchev–Trinajstić information content (AvgIpc) is 2.26. The molecule has 3 N–H and O–H groups in total. The summed E-state index contributed by atoms with van der Waals surface area (Å²) in [5.74, 6) is -0.912. The molecular weight excluding hydrogens is 312 g/mol. The van der Waals surface area contributed by atoms with Crippen molar-refractivity contribution in [2.45, 2.75) is 16.2 Å². The van der Waals surface area contributed by atoms with Gasteiger partial charge < -0.3 is 5.32 Å². The minimum Gasteiger partial charge on any atom is -0.324 e. The predicted molar refractivity (Wildman–Crippen MR) is 64.9 cm³/mol. The summed E-state index contributed by atoms with van der Waals surface area (Å²) in [6, 6.07) is 3.58. The smallest absolute Gasteiger partial charge is 0.296 e. The van der Waals surface area contributed by atoms with Gasteiger partial charge in [0.2, 0.25) is 5.91 Å². The first kappa shape index (κ1) is 16.1. The summed E-state index contributed by atoms with van der Waals surface area (Å²) in [5, 5.41) is 10.3. The Hall–Kier alpha value is -2.00. The highest BCUT2D eigenvalue weighted by molar-refractivity contribution is 7.86. The van der Waals surface area contributed by atoms with Crippen molar-refractivity contribution in [2.75, 3.05) is 5.32 Å². The van der Waals surface area contributed by atoms with E-state index in [1.807, 2.05) is 5.32 Å². The number of carbonyl (C=O) groups is 1. The Kier molecular flexibility index (Phi) is 4.46. The zero-order chi connectivity index (χ0) is 15.6. The molecule has 1 rings (SSSR count). The van der Waals surface area contributed by atoms with Crippen LogP contribution >= 0.6 is 0 Å². The van der Waals surface area contributed by atoms with Gasteiger partial charge in [-0.15, -0.1) is 0 Å². The van der Waals surface area contributed by atoms with Crippen LogP contribution in [0.25, 0.3) is 0 Å². The van der Waals surface area contributed by atoms with Gasteiger partial charge in [-0.3, -0.25) is 13.9 Å². The first-order valence-electron chi connectivity index (χ1n) is 4.81. The monoisotopic (exact) mass is 320 g/mol. The Balaban J connectivity index is 3.43. The van der Waals surface area contributed by atoms with Crippen LogP contribution in [-0.4, -0.2) is 31.8 Å². The molecule has 0 radical (unpaired) electrons. The van der Waals surface area contributed by atoms with Crippen LogP contribution < -0.4 is 5.32 Å². The molecule has 0 atom stereocenters. The van der Waals surface area contributed by atoms with Crippen LogP contribution in [-0.2, 0) is 25.0 Å². The average molecular weight is 320 g/mol. The molecule has 0 unspecified atom stereocenters. The molecule has 0 saturated heterocycles. The highest BCUT2D eigenvalue weighted by atomic mass is 32.2. The normalized spacial score (nSPS) is 11.7. The second-order valence-electron chi connectivity index (χ2n) is 3.49. The lowest BCUT2D eigenvalue weighted by Crippen LogP contribution is -2.14. The summed E-state index contributed by atoms with van der Waals surface area (Å²) in [7, 11) is -9.36. The van der Waals surface area contributed by atoms with E-state index in [0.717, 1.165) is 6.07 Å². The van der Waals surface area contributed by atoms with Crippen molar-refractivity contribution in [2.24, 2.45) is 0 Å². The standard InChI is InChI=1S/C9H8N2O7S2/c10-4-3-9(12)11-7-5-6(19(13,14)15)1-2-8(7)20(16,17)18/h1-2,5H,3H2,(H,11,12)(H,13,14,15)(H,16,17,18). The SMILES string of the molecule is N#CCC(=O)Nc1cc(S(=O)(=O)O)ccc1S(=O)(=O)O. The molecule has 1 aromatic rings. The zero-order valence-electron chi connectivity index (χ0n) is 9.64. The molecule has 0 bridgehead atoms. The van der Waals surface area contributed by atoms with Crippen LogP contribution in [0.1, 0.15) is 6.42 Å². The van der Waals surface area contributed by atoms with Crippen LogP contribution in [0.2, 0.25) is 0 Å². The molecule has 20 heavy (non-hydrogen) atoms. The fraction of sp³-hybridized carbons (Fsp3) is 0.111. The van der Waals surface area contributed by atoms with Crippen LogP contribution in [0.15, 0.2) is 28.0 Å². The topological polar surface area (TPSA) is 162 Å². The van der Waals surface area contributed by atoms with Gasteiger partial charge in [-0.2, -0.15) is 22.1 Å². The van der Waals surface area contributed by atoms with E-state index in [0.29, 0.717) is 12.1 Å². The number of amides is 1. The molecule has 0 heterocycles. The number of nitrogens with zero attached hydrogens (tertiary/aromatic N) is 1. The molecule has 0 aliphatic carbocycles. The summed E-state index contributed by atoms with van der Waals surface area (Å²) in [6.45, 7) is 0. The minimum atomic E-state index is -4.73. The van der Waals surface area contributed by atoms with Gasteiger partial charge in [0.05, 0.1) is 16.7 Å². The van der Waals surface area contributed by atoms with E-state index in [2.05, 4.69) is 0 Å². The third-order valence-electron chi connectivity index (χ3n) is 2.04. The molecule has 0 saturated carbocycles. The van der Waals surface area contributed by atoms with E-state index >= 15 is 0 Å². The van der Waals surface area contributed by atoms with E-state index in [9.17, 15) is 21.6 Å². The highest BCUT2D eigenvalue weighted by Gasteiger charge is 2.20. The van der Waals surface area contributed by atoms with Crippen LogP contribution in [0.4, 0.5) is 5.69 Å². The Morgan fingerprint density at radius 3 is 2.25 bits per heavy atom. The number of hydrogen-bond donors (Lipinski definition) is 3. The van der Waals surface area contributed by atoms with E-state index in [4.69, 9.17) is 14.4 Å². The van der Waals surface area contributed by atoms with E-state index < -0.39 is 48.0 Å². The maximum Gasteiger partial charge on any atom is 0.296 e. The van der Waals surface area contributed by atoms with Gasteiger partial charge in [0.25, 0.3) is 20.2 Å². The van der Waals surface area contributed by atoms with Crippen molar-refractivity contribution in [1.82, 2.24) is 0 Å². The summed E-state index contributed by atoms with van der Waals surface area (Å²) >= 11 is 0. The largest absolute Gasteiger partial charge is 0.324 e. The van der Waals surface area contributed by atoms with Crippen molar-refractivity contribution in [1.29, 1.82) is 5.26 Å². The minimum absolute atomic E-state index is 0.567. The number of nitriles is 1. The molecule has 0 fully saturated rings. The van der Waals surface area contributed by atoms with Crippen molar-refractivity contribution in [3.63, 3.8) is 0 Å². The lowest BCUT2D eigenvalue weighted by molar-refractivity contribution is -0.115. The Morgan fingerprint density at radius 1 is 1.20 bits per heavy atom. The molecule has 0 aromatic heterocycles. The lowest BCUT2D eigenvalue weighted by atomic mass is 10.3. The molecule has 1 aromatic carbocycles. The summed E-state index contributed by atoms with van der Waals surface area (Å²) in [4.78, 5) is 9.78. The number of carbonyl (C=O) groups excluding carboxylic acids is 1. The Labute approximate surface area is 114 Å². The fourth-order valence-electron chi connectivity index (χ4n) is 1.26. The number of benzene rings is 1. The Bertz CT molecular complexity index is 790. The summed E-state index contributed by atoms with van der Waals surface area (Å²) in [6.07, 6.45) is -0.610. The van der Waals surface area contributed by atoms with E-state index in [1.165, 1.54) is 6.07 Å². The first-order valence-corrected chi connectivity index (χ1v) is 7.69. The van der Waals surface area contributed by atoms with Crippen molar-refractivity contribution in [3.8, 4) is 6.07 Å². The maximum absolute atomic E-state index is 11.2. The fourth-order valence-corrected chi connectivity index (χ4v) is 2.39. The van der Waals surface area contributed by atoms with Crippen LogP contribution in [0, 0.1) is 11.3 Å². The number of nitrogens with one attached hydrogen (secondary N) is 1. The molecular formula is C9H8N2O7S2. The van der Waals surface area contributed by atoms with Gasteiger partial charge in [0, 0.05) is 0 Å². The van der Waals surface area contributed by atoms with Gasteiger partial charge in [-0.1, -0.05) is 0 Å². The summed E-state index contributed by atoms with van der Waals surface area (Å²) in [5.41, 5.74) is -0.567. The molecule has 0 aliphatic rings. The number of anilines is 1. The third-order valence-corrected chi connectivity index (χ3v) is 3.80. The van der Waals surface area contributed by atoms with Crippen LogP contribution in [0.3, 0.4) is 0 Å². The molecule has 9 nitrogen and oxygen atoms in total. The third kappa shape index (κ3) is 4.00. The van der Waals surface area contributed by atoms with Gasteiger partial charge in [-0.25, -0.2) is 0 Å². The van der Waals surface area contributed by atoms with Gasteiger partial charge in [0.1, 0.15) is 11.3 Å². The number of rotatable bonds is 4. The van der Waals surface area contributed by atoms with Gasteiger partial charge in [0.15, 0.2) is 0 Å². The molecule has 1 amide bonds. The van der Waals surface area contributed by atoms with E-state index in [1.54, 1.807) is 0 Å². The van der Waals surface area contributed by atoms with Crippen molar-refractivity contribution < 1.29 is 30.7 Å². The highest BCUT2D eigenvalue weighted by Crippen LogP contribution is 2.25. The second kappa shape index (κ2) is 5.55. The van der Waals surface area contributed by atoms with Gasteiger partial charge in [-0.05, 0) is 18.2 Å². The second-order valence-corrected chi connectivity index (χ2v) is 6.30. The van der Waals surface area contributed by atoms with E-state index in [-0.39, 0.29) is 0 Å². The van der Waals surface area contributed by atoms with Crippen LogP contribution in [0.5, 0.6) is 0 Å².